The fourth-order valence-corrected chi connectivity index (χ4v) is 4.17. The van der Waals surface area contributed by atoms with Crippen LogP contribution in [0.5, 0.6) is 0 Å². The maximum atomic E-state index is 13.6. The molecule has 4 rings (SSSR count). The monoisotopic (exact) mass is 464 g/mol. The maximum absolute atomic E-state index is 13.6. The van der Waals surface area contributed by atoms with Crippen LogP contribution in [0.4, 0.5) is 16.0 Å². The van der Waals surface area contributed by atoms with E-state index in [2.05, 4.69) is 22.2 Å². The van der Waals surface area contributed by atoms with Gasteiger partial charge in [0, 0.05) is 10.6 Å². The predicted molar refractivity (Wildman–Crippen MR) is 128 cm³/mol. The Hall–Kier alpha value is -3.82. The molecule has 1 unspecified atom stereocenters. The zero-order valence-corrected chi connectivity index (χ0v) is 18.5. The van der Waals surface area contributed by atoms with Crippen molar-refractivity contribution < 1.29 is 19.1 Å². The second-order valence-electron chi connectivity index (χ2n) is 7.27. The molecule has 0 aliphatic carbocycles. The van der Waals surface area contributed by atoms with Crippen molar-refractivity contribution in [2.24, 2.45) is 0 Å². The van der Waals surface area contributed by atoms with Gasteiger partial charge in [-0.2, -0.15) is 0 Å². The van der Waals surface area contributed by atoms with Gasteiger partial charge in [0.15, 0.2) is 0 Å². The molecule has 7 nitrogen and oxygen atoms in total. The summed E-state index contributed by atoms with van der Waals surface area (Å²) < 4.78 is 15.3. The molecule has 168 valence electrons. The molecule has 0 bridgehead atoms. The molecule has 0 spiro atoms. The van der Waals surface area contributed by atoms with E-state index >= 15 is 0 Å². The van der Waals surface area contributed by atoms with E-state index in [9.17, 15) is 19.1 Å². The van der Waals surface area contributed by atoms with E-state index < -0.39 is 12.1 Å². The zero-order chi connectivity index (χ0) is 23.5. The number of carbonyl (C=O) groups is 2. The minimum atomic E-state index is -1.16. The topological polar surface area (TPSA) is 96.3 Å². The summed E-state index contributed by atoms with van der Waals surface area (Å²) in [5.41, 5.74) is 3.14. The molecular formula is C24H21FN4O3S. The van der Waals surface area contributed by atoms with Crippen molar-refractivity contribution in [2.75, 3.05) is 10.6 Å². The van der Waals surface area contributed by atoms with Gasteiger partial charge in [-0.05, 0) is 61.0 Å². The van der Waals surface area contributed by atoms with Gasteiger partial charge in [0.05, 0.1) is 28.2 Å². The number of aliphatic hydroxyl groups is 1. The zero-order valence-electron chi connectivity index (χ0n) is 17.7. The first-order chi connectivity index (χ1) is 15.9. The van der Waals surface area contributed by atoms with Crippen molar-refractivity contribution in [3.63, 3.8) is 0 Å². The second kappa shape index (κ2) is 9.35. The Kier molecular flexibility index (Phi) is 6.34. The molecule has 0 saturated carbocycles. The highest BCUT2D eigenvalue weighted by Gasteiger charge is 2.19. The van der Waals surface area contributed by atoms with E-state index in [-0.39, 0.29) is 18.5 Å². The third-order valence-electron chi connectivity index (χ3n) is 4.93. The maximum Gasteiger partial charge on any atom is 0.268 e. The van der Waals surface area contributed by atoms with E-state index in [0.29, 0.717) is 37.7 Å². The molecule has 3 N–H and O–H groups in total. The Morgan fingerprint density at radius 2 is 2.03 bits per heavy atom. The van der Waals surface area contributed by atoms with Crippen LogP contribution in [0.2, 0.25) is 0 Å². The predicted octanol–water partition coefficient (Wildman–Crippen LogP) is 4.99. The molecule has 2 heterocycles. The summed E-state index contributed by atoms with van der Waals surface area (Å²) in [5, 5.41) is 15.0. The molecule has 2 aromatic carbocycles. The number of carbonyl (C=O) groups excluding carboxylic acids is 2. The van der Waals surface area contributed by atoms with Gasteiger partial charge in [-0.1, -0.05) is 18.7 Å². The smallest absolute Gasteiger partial charge is 0.268 e. The molecule has 0 aliphatic rings. The number of aliphatic hydroxyl groups excluding tert-OH is 1. The summed E-state index contributed by atoms with van der Waals surface area (Å²) in [4.78, 5) is 30.0. The highest BCUT2D eigenvalue weighted by atomic mass is 32.1. The van der Waals surface area contributed by atoms with Gasteiger partial charge in [0.25, 0.3) is 5.91 Å². The number of thiophene rings is 1. The number of alkyl halides is 1. The van der Waals surface area contributed by atoms with E-state index in [1.165, 1.54) is 13.0 Å². The number of nitrogens with zero attached hydrogens (tertiary/aromatic N) is 2. The van der Waals surface area contributed by atoms with Crippen molar-refractivity contribution in [3.05, 3.63) is 82.6 Å². The highest BCUT2D eigenvalue weighted by molar-refractivity contribution is 7.14. The summed E-state index contributed by atoms with van der Waals surface area (Å²) >= 11 is 1.08. The Bertz CT molecular complexity index is 1360. The Morgan fingerprint density at radius 3 is 2.73 bits per heavy atom. The average molecular weight is 465 g/mol. The lowest BCUT2D eigenvalue weighted by Crippen LogP contribution is -2.14. The first kappa shape index (κ1) is 22.4. The van der Waals surface area contributed by atoms with Gasteiger partial charge in [-0.3, -0.25) is 19.5 Å². The normalized spacial score (nSPS) is 11.8. The Labute approximate surface area is 193 Å². The number of hydrogen-bond acceptors (Lipinski definition) is 5. The molecule has 0 radical (unpaired) electrons. The number of halogens is 1. The molecule has 4 aromatic rings. The summed E-state index contributed by atoms with van der Waals surface area (Å²) in [6, 6.07) is 15.5. The van der Waals surface area contributed by atoms with Crippen molar-refractivity contribution >= 4 is 45.8 Å². The molecular weight excluding hydrogens is 443 g/mol. The Morgan fingerprint density at radius 1 is 1.21 bits per heavy atom. The molecule has 9 heteroatoms. The quantitative estimate of drug-likeness (QED) is 0.336. The van der Waals surface area contributed by atoms with Gasteiger partial charge in [0.2, 0.25) is 11.9 Å². The van der Waals surface area contributed by atoms with Gasteiger partial charge < -0.3 is 10.4 Å². The average Bonchev–Trinajstić information content (AvgIpc) is 3.43. The lowest BCUT2D eigenvalue weighted by atomic mass is 10.2. The van der Waals surface area contributed by atoms with Crippen LogP contribution in [0, 0.1) is 0 Å². The molecule has 33 heavy (non-hydrogen) atoms. The number of rotatable bonds is 7. The number of imidazole rings is 1. The van der Waals surface area contributed by atoms with E-state index in [0.717, 1.165) is 11.3 Å². The SMILES string of the molecule is C=CC(=O)Nc1cccc(-n2c(NC(=O)c3ccc(C(C)F)s3)nc3cc(CO)ccc32)c1. The highest BCUT2D eigenvalue weighted by Crippen LogP contribution is 2.29. The number of benzene rings is 2. The number of nitrogens with one attached hydrogen (secondary N) is 2. The lowest BCUT2D eigenvalue weighted by Gasteiger charge is -2.12. The summed E-state index contributed by atoms with van der Waals surface area (Å²) in [7, 11) is 0. The first-order valence-corrected chi connectivity index (χ1v) is 10.9. The van der Waals surface area contributed by atoms with Crippen molar-refractivity contribution in [3.8, 4) is 5.69 Å². The van der Waals surface area contributed by atoms with Crippen LogP contribution in [0.25, 0.3) is 16.7 Å². The van der Waals surface area contributed by atoms with Crippen molar-refractivity contribution in [2.45, 2.75) is 19.7 Å². The number of amides is 2. The van der Waals surface area contributed by atoms with E-state index in [1.807, 2.05) is 6.07 Å². The standard InChI is InChI=1S/C24H21FN4O3S/c1-3-22(31)26-16-5-4-6-17(12-16)29-19-8-7-15(13-30)11-18(19)27-24(29)28-23(32)21-10-9-20(33-21)14(2)25/h3-12,14,30H,1,13H2,2H3,(H,26,31)(H,27,28,32). The van der Waals surface area contributed by atoms with Crippen LogP contribution in [0.15, 0.2) is 67.3 Å². The minimum Gasteiger partial charge on any atom is -0.392 e. The largest absolute Gasteiger partial charge is 0.392 e. The van der Waals surface area contributed by atoms with Crippen molar-refractivity contribution in [1.82, 2.24) is 9.55 Å². The fourth-order valence-electron chi connectivity index (χ4n) is 3.34. The molecule has 0 saturated heterocycles. The van der Waals surface area contributed by atoms with E-state index in [1.54, 1.807) is 53.1 Å². The van der Waals surface area contributed by atoms with Crippen LogP contribution in [0.3, 0.4) is 0 Å². The van der Waals surface area contributed by atoms with Crippen LogP contribution in [-0.2, 0) is 11.4 Å². The van der Waals surface area contributed by atoms with Gasteiger partial charge in [0.1, 0.15) is 6.17 Å². The summed E-state index contributed by atoms with van der Waals surface area (Å²) in [6.07, 6.45) is 0.0149. The van der Waals surface area contributed by atoms with Gasteiger partial charge in [-0.25, -0.2) is 9.37 Å². The molecule has 2 amide bonds. The lowest BCUT2D eigenvalue weighted by molar-refractivity contribution is -0.111. The number of hydrogen-bond donors (Lipinski definition) is 3. The molecule has 0 fully saturated rings. The number of aromatic nitrogens is 2. The van der Waals surface area contributed by atoms with Crippen LogP contribution < -0.4 is 10.6 Å². The fraction of sp³-hybridized carbons (Fsp3) is 0.125. The number of anilines is 2. The third kappa shape index (κ3) is 4.69. The van der Waals surface area contributed by atoms with Crippen molar-refractivity contribution in [1.29, 1.82) is 0 Å². The van der Waals surface area contributed by atoms with Crippen LogP contribution in [0.1, 0.15) is 33.2 Å². The molecule has 0 aliphatic heterocycles. The molecule has 2 aromatic heterocycles. The Balaban J connectivity index is 1.78. The van der Waals surface area contributed by atoms with Crippen LogP contribution in [-0.4, -0.2) is 26.5 Å². The first-order valence-electron chi connectivity index (χ1n) is 10.1. The summed E-state index contributed by atoms with van der Waals surface area (Å²) in [6.45, 7) is 4.73. The van der Waals surface area contributed by atoms with Crippen LogP contribution >= 0.6 is 11.3 Å². The molecule has 1 atom stereocenters. The summed E-state index contributed by atoms with van der Waals surface area (Å²) in [5.74, 6) is -0.512. The third-order valence-corrected chi connectivity index (χ3v) is 6.16. The van der Waals surface area contributed by atoms with E-state index in [4.69, 9.17) is 0 Å². The minimum absolute atomic E-state index is 0.146. The second-order valence-corrected chi connectivity index (χ2v) is 8.38. The number of fused-ring (bicyclic) bond motifs is 1. The van der Waals surface area contributed by atoms with Gasteiger partial charge >= 0.3 is 0 Å². The van der Waals surface area contributed by atoms with Gasteiger partial charge in [-0.15, -0.1) is 11.3 Å².